The second-order valence-electron chi connectivity index (χ2n) is 5.51. The minimum Gasteiger partial charge on any atom is -0.352 e. The molecule has 3 heteroatoms. The lowest BCUT2D eigenvalue weighted by molar-refractivity contribution is -0.127. The average molecular weight is 210 g/mol. The zero-order chi connectivity index (χ0) is 11.1. The largest absolute Gasteiger partial charge is 0.352 e. The Bertz CT molecular complexity index is 254. The van der Waals surface area contributed by atoms with Crippen LogP contribution in [0, 0.1) is 11.8 Å². The zero-order valence-corrected chi connectivity index (χ0v) is 9.75. The Labute approximate surface area is 91.8 Å². The Kier molecular flexibility index (Phi) is 2.75. The van der Waals surface area contributed by atoms with Gasteiger partial charge >= 0.3 is 0 Å². The Morgan fingerprint density at radius 3 is 2.40 bits per heavy atom. The van der Waals surface area contributed by atoms with Crippen molar-refractivity contribution in [2.75, 3.05) is 0 Å². The number of nitrogens with one attached hydrogen (secondary N) is 1. The first-order valence-corrected chi connectivity index (χ1v) is 6.11. The first-order valence-electron chi connectivity index (χ1n) is 6.11. The Morgan fingerprint density at radius 1 is 1.40 bits per heavy atom. The summed E-state index contributed by atoms with van der Waals surface area (Å²) in [7, 11) is 0. The van der Waals surface area contributed by atoms with Crippen LogP contribution < -0.4 is 11.1 Å². The predicted molar refractivity (Wildman–Crippen MR) is 60.3 cm³/mol. The zero-order valence-electron chi connectivity index (χ0n) is 9.75. The van der Waals surface area contributed by atoms with E-state index < -0.39 is 5.54 Å². The third-order valence-electron chi connectivity index (χ3n) is 4.13. The van der Waals surface area contributed by atoms with Crippen molar-refractivity contribution in [3.8, 4) is 0 Å². The van der Waals surface area contributed by atoms with Gasteiger partial charge in [0.2, 0.25) is 5.91 Å². The molecule has 2 saturated carbocycles. The highest BCUT2D eigenvalue weighted by molar-refractivity contribution is 5.86. The van der Waals surface area contributed by atoms with Crippen molar-refractivity contribution in [1.29, 1.82) is 0 Å². The van der Waals surface area contributed by atoms with Crippen molar-refractivity contribution in [2.45, 2.75) is 57.5 Å². The first-order chi connectivity index (χ1) is 7.01. The van der Waals surface area contributed by atoms with E-state index in [0.29, 0.717) is 17.9 Å². The van der Waals surface area contributed by atoms with Gasteiger partial charge in [0.25, 0.3) is 0 Å². The van der Waals surface area contributed by atoms with E-state index in [2.05, 4.69) is 12.2 Å². The molecular weight excluding hydrogens is 188 g/mol. The number of amides is 1. The number of hydrogen-bond acceptors (Lipinski definition) is 2. The quantitative estimate of drug-likeness (QED) is 0.737. The van der Waals surface area contributed by atoms with Gasteiger partial charge in [0.05, 0.1) is 5.54 Å². The van der Waals surface area contributed by atoms with Crippen molar-refractivity contribution in [1.82, 2.24) is 5.32 Å². The molecule has 1 amide bonds. The molecular formula is C12H22N2O. The summed E-state index contributed by atoms with van der Waals surface area (Å²) in [6.07, 6.45) is 6.04. The molecule has 0 aromatic rings. The maximum Gasteiger partial charge on any atom is 0.240 e. The summed E-state index contributed by atoms with van der Waals surface area (Å²) in [4.78, 5) is 12.0. The highest BCUT2D eigenvalue weighted by Gasteiger charge is 2.44. The van der Waals surface area contributed by atoms with Gasteiger partial charge in [-0.15, -0.1) is 0 Å². The van der Waals surface area contributed by atoms with Crippen molar-refractivity contribution in [3.63, 3.8) is 0 Å². The van der Waals surface area contributed by atoms with Crippen LogP contribution in [0.1, 0.15) is 46.0 Å². The smallest absolute Gasteiger partial charge is 0.240 e. The van der Waals surface area contributed by atoms with Crippen LogP contribution in [-0.2, 0) is 4.79 Å². The van der Waals surface area contributed by atoms with Crippen LogP contribution in [0.2, 0.25) is 0 Å². The molecule has 2 atom stereocenters. The van der Waals surface area contributed by atoms with Gasteiger partial charge in [0.1, 0.15) is 0 Å². The predicted octanol–water partition coefficient (Wildman–Crippen LogP) is 1.42. The number of hydrogen-bond donors (Lipinski definition) is 2. The van der Waals surface area contributed by atoms with Crippen molar-refractivity contribution >= 4 is 5.91 Å². The van der Waals surface area contributed by atoms with Gasteiger partial charge in [-0.2, -0.15) is 0 Å². The summed E-state index contributed by atoms with van der Waals surface area (Å²) >= 11 is 0. The van der Waals surface area contributed by atoms with Crippen molar-refractivity contribution in [2.24, 2.45) is 17.6 Å². The molecule has 3 N–H and O–H groups in total. The normalized spacial score (nSPS) is 27.7. The number of rotatable bonds is 4. The summed E-state index contributed by atoms with van der Waals surface area (Å²) in [5, 5.41) is 3.08. The minimum atomic E-state index is -0.641. The van der Waals surface area contributed by atoms with E-state index in [0.717, 1.165) is 12.8 Å². The standard InChI is InChI=1S/C12H22N2O/c1-8(9-4-3-5-9)14-11(15)12(2,13)10-6-7-10/h8-10H,3-7,13H2,1-2H3,(H,14,15). The molecule has 0 aromatic carbocycles. The maximum atomic E-state index is 12.0. The molecule has 2 fully saturated rings. The molecule has 0 heterocycles. The fourth-order valence-corrected chi connectivity index (χ4v) is 2.29. The number of carbonyl (C=O) groups is 1. The topological polar surface area (TPSA) is 55.1 Å². The molecule has 2 aliphatic rings. The fraction of sp³-hybridized carbons (Fsp3) is 0.917. The lowest BCUT2D eigenvalue weighted by Gasteiger charge is -2.34. The van der Waals surface area contributed by atoms with Crippen LogP contribution in [-0.4, -0.2) is 17.5 Å². The van der Waals surface area contributed by atoms with E-state index in [1.54, 1.807) is 0 Å². The highest BCUT2D eigenvalue weighted by Crippen LogP contribution is 2.38. The monoisotopic (exact) mass is 210 g/mol. The molecule has 0 saturated heterocycles. The van der Waals surface area contributed by atoms with Gasteiger partial charge in [0.15, 0.2) is 0 Å². The van der Waals surface area contributed by atoms with Gasteiger partial charge < -0.3 is 11.1 Å². The van der Waals surface area contributed by atoms with Crippen LogP contribution in [0.3, 0.4) is 0 Å². The van der Waals surface area contributed by atoms with Gasteiger partial charge in [-0.05, 0) is 51.4 Å². The summed E-state index contributed by atoms with van der Waals surface area (Å²) in [6, 6.07) is 0.299. The Morgan fingerprint density at radius 2 is 2.00 bits per heavy atom. The summed E-state index contributed by atoms with van der Waals surface area (Å²) in [5.74, 6) is 1.14. The third-order valence-corrected chi connectivity index (χ3v) is 4.13. The lowest BCUT2D eigenvalue weighted by atomic mass is 9.80. The molecule has 15 heavy (non-hydrogen) atoms. The Hall–Kier alpha value is -0.570. The maximum absolute atomic E-state index is 12.0. The van der Waals surface area contributed by atoms with Gasteiger partial charge in [-0.1, -0.05) is 6.42 Å². The van der Waals surface area contributed by atoms with E-state index in [1.807, 2.05) is 6.92 Å². The van der Waals surface area contributed by atoms with Crippen molar-refractivity contribution < 1.29 is 4.79 Å². The molecule has 0 aliphatic heterocycles. The van der Waals surface area contributed by atoms with Crippen LogP contribution in [0.25, 0.3) is 0 Å². The van der Waals surface area contributed by atoms with Crippen LogP contribution in [0.4, 0.5) is 0 Å². The number of nitrogens with two attached hydrogens (primary N) is 1. The number of carbonyl (C=O) groups excluding carboxylic acids is 1. The van der Waals surface area contributed by atoms with Gasteiger partial charge in [-0.3, -0.25) is 4.79 Å². The summed E-state index contributed by atoms with van der Waals surface area (Å²) in [6.45, 7) is 3.97. The molecule has 2 rings (SSSR count). The molecule has 2 unspecified atom stereocenters. The highest BCUT2D eigenvalue weighted by atomic mass is 16.2. The van der Waals surface area contributed by atoms with Crippen LogP contribution >= 0.6 is 0 Å². The summed E-state index contributed by atoms with van der Waals surface area (Å²) < 4.78 is 0. The lowest BCUT2D eigenvalue weighted by Crippen LogP contribution is -2.56. The Balaban J connectivity index is 1.84. The van der Waals surface area contributed by atoms with Crippen LogP contribution in [0.5, 0.6) is 0 Å². The second kappa shape index (κ2) is 3.78. The average Bonchev–Trinajstić information content (AvgIpc) is 2.81. The van der Waals surface area contributed by atoms with E-state index in [4.69, 9.17) is 5.73 Å². The van der Waals surface area contributed by atoms with E-state index in [1.165, 1.54) is 19.3 Å². The molecule has 0 aromatic heterocycles. The summed E-state index contributed by atoms with van der Waals surface area (Å²) in [5.41, 5.74) is 5.42. The van der Waals surface area contributed by atoms with E-state index in [-0.39, 0.29) is 5.91 Å². The van der Waals surface area contributed by atoms with Gasteiger partial charge in [-0.25, -0.2) is 0 Å². The first kappa shape index (κ1) is 10.9. The van der Waals surface area contributed by atoms with Crippen LogP contribution in [0.15, 0.2) is 0 Å². The molecule has 2 aliphatic carbocycles. The third kappa shape index (κ3) is 2.17. The van der Waals surface area contributed by atoms with Crippen molar-refractivity contribution in [3.05, 3.63) is 0 Å². The van der Waals surface area contributed by atoms with E-state index in [9.17, 15) is 4.79 Å². The molecule has 0 bridgehead atoms. The molecule has 3 nitrogen and oxygen atoms in total. The van der Waals surface area contributed by atoms with Gasteiger partial charge in [0, 0.05) is 6.04 Å². The fourth-order valence-electron chi connectivity index (χ4n) is 2.29. The van der Waals surface area contributed by atoms with E-state index >= 15 is 0 Å². The molecule has 86 valence electrons. The second-order valence-corrected chi connectivity index (χ2v) is 5.51. The SMILES string of the molecule is CC(NC(=O)C(C)(N)C1CC1)C1CCC1. The molecule has 0 spiro atoms. The minimum absolute atomic E-state index is 0.0457. The molecule has 0 radical (unpaired) electrons.